The summed E-state index contributed by atoms with van der Waals surface area (Å²) < 4.78 is 37.4. The number of carbonyl (C=O) groups excluding carboxylic acids is 1. The molecule has 2 aromatic carbocycles. The van der Waals surface area contributed by atoms with E-state index in [1.807, 2.05) is 6.07 Å². The van der Waals surface area contributed by atoms with Gasteiger partial charge in [-0.25, -0.2) is 14.2 Å². The molecule has 1 aromatic heterocycles. The minimum Gasteiger partial charge on any atom is -0.493 e. The van der Waals surface area contributed by atoms with E-state index in [2.05, 4.69) is 11.9 Å². The van der Waals surface area contributed by atoms with Crippen molar-refractivity contribution in [2.75, 3.05) is 34.0 Å². The molecule has 1 atom stereocenters. The van der Waals surface area contributed by atoms with Crippen LogP contribution in [0.1, 0.15) is 50.3 Å². The number of aromatic nitrogens is 1. The summed E-state index contributed by atoms with van der Waals surface area (Å²) in [5.41, 5.74) is 1.67. The molecule has 4 rings (SSSR count). The summed E-state index contributed by atoms with van der Waals surface area (Å²) in [7, 11) is 3.07. The highest BCUT2D eigenvalue weighted by atomic mass is 32.1. The van der Waals surface area contributed by atoms with Crippen LogP contribution in [-0.2, 0) is 14.3 Å². The average molecular weight is 569 g/mol. The Morgan fingerprint density at radius 3 is 2.55 bits per heavy atom. The first kappa shape index (κ1) is 29.2. The van der Waals surface area contributed by atoms with E-state index in [0.717, 1.165) is 19.3 Å². The molecule has 0 spiro atoms. The van der Waals surface area contributed by atoms with Gasteiger partial charge >= 0.3 is 5.97 Å². The molecule has 0 N–H and O–H groups in total. The SMILES string of the molecule is CCCCCOc1ccc(C2C(C(=O)OCCOC)=C(C)N=c3sc(=Cc4ccc(F)cc4)c(=O)n32)cc1OC. The van der Waals surface area contributed by atoms with Crippen molar-refractivity contribution >= 4 is 23.4 Å². The van der Waals surface area contributed by atoms with Gasteiger partial charge in [-0.3, -0.25) is 9.36 Å². The van der Waals surface area contributed by atoms with Crippen molar-refractivity contribution in [3.05, 3.63) is 90.4 Å². The van der Waals surface area contributed by atoms with E-state index in [9.17, 15) is 14.0 Å². The Kier molecular flexibility index (Phi) is 9.89. The molecular weight excluding hydrogens is 535 g/mol. The van der Waals surface area contributed by atoms with Gasteiger partial charge in [0.15, 0.2) is 16.3 Å². The molecule has 0 aliphatic carbocycles. The fourth-order valence-electron chi connectivity index (χ4n) is 4.41. The molecule has 10 heteroatoms. The Bertz CT molecular complexity index is 1560. The van der Waals surface area contributed by atoms with Crippen molar-refractivity contribution in [3.8, 4) is 11.5 Å². The Hall–Kier alpha value is -3.76. The summed E-state index contributed by atoms with van der Waals surface area (Å²) in [5, 5.41) is 0. The molecule has 8 nitrogen and oxygen atoms in total. The molecule has 212 valence electrons. The third-order valence-electron chi connectivity index (χ3n) is 6.44. The molecule has 1 aliphatic heterocycles. The first-order valence-electron chi connectivity index (χ1n) is 13.1. The van der Waals surface area contributed by atoms with Crippen LogP contribution in [0.4, 0.5) is 4.39 Å². The first-order valence-corrected chi connectivity index (χ1v) is 13.9. The largest absolute Gasteiger partial charge is 0.493 e. The summed E-state index contributed by atoms with van der Waals surface area (Å²) in [5.74, 6) is 0.118. The van der Waals surface area contributed by atoms with Gasteiger partial charge in [0.25, 0.3) is 5.56 Å². The average Bonchev–Trinajstić information content (AvgIpc) is 3.25. The van der Waals surface area contributed by atoms with Crippen molar-refractivity contribution in [1.82, 2.24) is 4.57 Å². The van der Waals surface area contributed by atoms with Gasteiger partial charge in [0.05, 0.1) is 42.2 Å². The highest BCUT2D eigenvalue weighted by molar-refractivity contribution is 7.07. The number of halogens is 1. The van der Waals surface area contributed by atoms with Crippen molar-refractivity contribution in [3.63, 3.8) is 0 Å². The zero-order valence-electron chi connectivity index (χ0n) is 23.1. The summed E-state index contributed by atoms with van der Waals surface area (Å²) >= 11 is 1.20. The third-order valence-corrected chi connectivity index (χ3v) is 7.42. The lowest BCUT2D eigenvalue weighted by atomic mass is 9.95. The number of unbranched alkanes of at least 4 members (excludes halogenated alkanes) is 2. The smallest absolute Gasteiger partial charge is 0.338 e. The molecule has 1 aliphatic rings. The first-order chi connectivity index (χ1) is 19.4. The Morgan fingerprint density at radius 1 is 1.07 bits per heavy atom. The number of methoxy groups -OCH3 is 2. The molecule has 0 amide bonds. The van der Waals surface area contributed by atoms with Crippen molar-refractivity contribution < 1.29 is 28.1 Å². The minimum atomic E-state index is -0.815. The van der Waals surface area contributed by atoms with Crippen molar-refractivity contribution in [2.24, 2.45) is 4.99 Å². The molecule has 40 heavy (non-hydrogen) atoms. The van der Waals surface area contributed by atoms with E-state index in [4.69, 9.17) is 18.9 Å². The van der Waals surface area contributed by atoms with Crippen LogP contribution in [0.15, 0.2) is 63.5 Å². The van der Waals surface area contributed by atoms with Crippen LogP contribution in [0.5, 0.6) is 11.5 Å². The number of esters is 1. The van der Waals surface area contributed by atoms with Gasteiger partial charge < -0.3 is 18.9 Å². The predicted molar refractivity (Wildman–Crippen MR) is 151 cm³/mol. The van der Waals surface area contributed by atoms with Crippen LogP contribution >= 0.6 is 11.3 Å². The maximum absolute atomic E-state index is 13.8. The molecule has 0 saturated heterocycles. The standard InChI is InChI=1S/C30H33FN2O6S/c1-5-6-7-14-38-23-13-10-21(18-24(23)37-4)27-26(29(35)39-16-15-36-3)19(2)32-30-33(27)28(34)25(40-30)17-20-8-11-22(31)12-9-20/h8-13,17-18,27H,5-7,14-16H2,1-4H3. The number of hydrogen-bond acceptors (Lipinski definition) is 8. The molecule has 1 unspecified atom stereocenters. The molecule has 3 aromatic rings. The molecule has 2 heterocycles. The zero-order valence-corrected chi connectivity index (χ0v) is 23.9. The van der Waals surface area contributed by atoms with Crippen LogP contribution in [0.3, 0.4) is 0 Å². The second-order valence-electron chi connectivity index (χ2n) is 9.23. The van der Waals surface area contributed by atoms with Gasteiger partial charge in [0, 0.05) is 7.11 Å². The van der Waals surface area contributed by atoms with E-state index in [1.54, 1.807) is 44.4 Å². The molecular formula is C30H33FN2O6S. The highest BCUT2D eigenvalue weighted by Crippen LogP contribution is 2.36. The van der Waals surface area contributed by atoms with E-state index in [0.29, 0.717) is 44.3 Å². The number of rotatable bonds is 12. The Balaban J connectivity index is 1.83. The second-order valence-corrected chi connectivity index (χ2v) is 10.2. The molecule has 0 radical (unpaired) electrons. The third kappa shape index (κ3) is 6.51. The monoisotopic (exact) mass is 568 g/mol. The lowest BCUT2D eigenvalue weighted by molar-refractivity contribution is -0.140. The van der Waals surface area contributed by atoms with E-state index >= 15 is 0 Å². The molecule has 0 saturated carbocycles. The summed E-state index contributed by atoms with van der Waals surface area (Å²) in [4.78, 5) is 32.2. The zero-order chi connectivity index (χ0) is 28.6. The van der Waals surface area contributed by atoms with Crippen LogP contribution in [0.25, 0.3) is 6.08 Å². The molecule has 0 fully saturated rings. The van der Waals surface area contributed by atoms with Crippen LogP contribution in [-0.4, -0.2) is 44.6 Å². The second kappa shape index (κ2) is 13.5. The Morgan fingerprint density at radius 2 is 1.85 bits per heavy atom. The maximum atomic E-state index is 13.8. The van der Waals surface area contributed by atoms with Gasteiger partial charge in [-0.05, 0) is 54.8 Å². The van der Waals surface area contributed by atoms with Crippen LogP contribution in [0.2, 0.25) is 0 Å². The summed E-state index contributed by atoms with van der Waals surface area (Å²) in [6.07, 6.45) is 4.75. The number of benzene rings is 2. The quantitative estimate of drug-likeness (QED) is 0.241. The number of nitrogens with zero attached hydrogens (tertiary/aromatic N) is 2. The van der Waals surface area contributed by atoms with Gasteiger partial charge in [-0.1, -0.05) is 49.3 Å². The number of ether oxygens (including phenoxy) is 4. The van der Waals surface area contributed by atoms with E-state index in [1.165, 1.54) is 35.1 Å². The summed E-state index contributed by atoms with van der Waals surface area (Å²) in [6, 6.07) is 10.4. The van der Waals surface area contributed by atoms with Gasteiger partial charge in [0.2, 0.25) is 0 Å². The number of allylic oxidation sites excluding steroid dienone is 1. The predicted octanol–water partition coefficient (Wildman–Crippen LogP) is 4.14. The fraction of sp³-hybridized carbons (Fsp3) is 0.367. The number of carbonyl (C=O) groups is 1. The summed E-state index contributed by atoms with van der Waals surface area (Å²) in [6.45, 7) is 4.70. The normalized spacial score (nSPS) is 15.0. The number of fused-ring (bicyclic) bond motifs is 1. The number of thiazole rings is 1. The van der Waals surface area contributed by atoms with Crippen molar-refractivity contribution in [2.45, 2.75) is 39.2 Å². The topological polar surface area (TPSA) is 88.4 Å². The van der Waals surface area contributed by atoms with Gasteiger partial charge in [0.1, 0.15) is 12.4 Å². The van der Waals surface area contributed by atoms with E-state index in [-0.39, 0.29) is 30.2 Å². The van der Waals surface area contributed by atoms with Crippen molar-refractivity contribution in [1.29, 1.82) is 0 Å². The van der Waals surface area contributed by atoms with Crippen LogP contribution < -0.4 is 24.4 Å². The maximum Gasteiger partial charge on any atom is 0.338 e. The highest BCUT2D eigenvalue weighted by Gasteiger charge is 2.34. The van der Waals surface area contributed by atoms with Gasteiger partial charge in [-0.15, -0.1) is 0 Å². The van der Waals surface area contributed by atoms with Crippen LogP contribution in [0, 0.1) is 5.82 Å². The molecule has 0 bridgehead atoms. The van der Waals surface area contributed by atoms with Gasteiger partial charge in [-0.2, -0.15) is 0 Å². The minimum absolute atomic E-state index is 0.0572. The lowest BCUT2D eigenvalue weighted by Crippen LogP contribution is -2.40. The lowest BCUT2D eigenvalue weighted by Gasteiger charge is -2.25. The van der Waals surface area contributed by atoms with E-state index < -0.39 is 12.0 Å². The fourth-order valence-corrected chi connectivity index (χ4v) is 5.46. The Labute approximate surface area is 236 Å². The number of hydrogen-bond donors (Lipinski definition) is 0.